The Labute approximate surface area is 89.9 Å². The molecule has 0 saturated carbocycles. The van der Waals surface area contributed by atoms with Gasteiger partial charge in [0.2, 0.25) is 5.95 Å². The van der Waals surface area contributed by atoms with Crippen LogP contribution in [0.2, 0.25) is 0 Å². The normalized spacial score (nSPS) is 12.2. The molecular weight excluding hydrogens is 250 g/mol. The van der Waals surface area contributed by atoms with Crippen molar-refractivity contribution in [2.24, 2.45) is 0 Å². The zero-order valence-electron chi connectivity index (χ0n) is 7.81. The lowest BCUT2D eigenvalue weighted by molar-refractivity contribution is -0.138. The third-order valence-corrected chi connectivity index (χ3v) is 2.27. The SMILES string of the molecule is CC(C(=O)O)N(C)c1ncc(Br)cn1. The molecule has 1 aromatic rings. The van der Waals surface area contributed by atoms with Gasteiger partial charge in [-0.05, 0) is 22.9 Å². The minimum atomic E-state index is -0.904. The standard InChI is InChI=1S/C8H10BrN3O2/c1-5(7(13)14)12(2)8-10-3-6(9)4-11-8/h3-5H,1-2H3,(H,13,14). The number of rotatable bonds is 3. The quantitative estimate of drug-likeness (QED) is 0.882. The van der Waals surface area contributed by atoms with Gasteiger partial charge in [0.25, 0.3) is 0 Å². The van der Waals surface area contributed by atoms with Crippen LogP contribution >= 0.6 is 15.9 Å². The Morgan fingerprint density at radius 3 is 2.50 bits per heavy atom. The Hall–Kier alpha value is -1.17. The first-order valence-electron chi connectivity index (χ1n) is 3.95. The van der Waals surface area contributed by atoms with Crippen LogP contribution in [0.3, 0.4) is 0 Å². The minimum Gasteiger partial charge on any atom is -0.480 e. The van der Waals surface area contributed by atoms with Gasteiger partial charge in [-0.2, -0.15) is 0 Å². The minimum absolute atomic E-state index is 0.392. The van der Waals surface area contributed by atoms with Crippen molar-refractivity contribution in [1.82, 2.24) is 9.97 Å². The fourth-order valence-electron chi connectivity index (χ4n) is 0.826. The maximum absolute atomic E-state index is 10.7. The summed E-state index contributed by atoms with van der Waals surface area (Å²) < 4.78 is 0.762. The summed E-state index contributed by atoms with van der Waals surface area (Å²) in [6.07, 6.45) is 3.15. The summed E-state index contributed by atoms with van der Waals surface area (Å²) in [5.41, 5.74) is 0. The second kappa shape index (κ2) is 4.36. The van der Waals surface area contributed by atoms with Crippen molar-refractivity contribution in [3.8, 4) is 0 Å². The number of hydrogen-bond acceptors (Lipinski definition) is 4. The molecule has 1 heterocycles. The van der Waals surface area contributed by atoms with Gasteiger partial charge >= 0.3 is 5.97 Å². The average molecular weight is 260 g/mol. The summed E-state index contributed by atoms with van der Waals surface area (Å²) in [4.78, 5) is 20.1. The van der Waals surface area contributed by atoms with Crippen LogP contribution in [0.1, 0.15) is 6.92 Å². The number of halogens is 1. The molecule has 5 nitrogen and oxygen atoms in total. The van der Waals surface area contributed by atoms with E-state index in [1.165, 1.54) is 4.90 Å². The van der Waals surface area contributed by atoms with Crippen LogP contribution in [0.5, 0.6) is 0 Å². The molecule has 76 valence electrons. The van der Waals surface area contributed by atoms with Gasteiger partial charge in [0.15, 0.2) is 0 Å². The molecule has 0 aliphatic rings. The van der Waals surface area contributed by atoms with Crippen molar-refractivity contribution in [2.45, 2.75) is 13.0 Å². The number of anilines is 1. The predicted molar refractivity (Wildman–Crippen MR) is 55.2 cm³/mol. The van der Waals surface area contributed by atoms with Gasteiger partial charge in [0.1, 0.15) is 6.04 Å². The Balaban J connectivity index is 2.84. The smallest absolute Gasteiger partial charge is 0.326 e. The van der Waals surface area contributed by atoms with Crippen molar-refractivity contribution in [3.63, 3.8) is 0 Å². The highest BCUT2D eigenvalue weighted by molar-refractivity contribution is 9.10. The van der Waals surface area contributed by atoms with E-state index < -0.39 is 12.0 Å². The molecular formula is C8H10BrN3O2. The van der Waals surface area contributed by atoms with Crippen LogP contribution in [0.25, 0.3) is 0 Å². The molecule has 0 spiro atoms. The highest BCUT2D eigenvalue weighted by Crippen LogP contribution is 2.11. The molecule has 1 rings (SSSR count). The maximum atomic E-state index is 10.7. The van der Waals surface area contributed by atoms with E-state index in [1.807, 2.05) is 0 Å². The van der Waals surface area contributed by atoms with Gasteiger partial charge < -0.3 is 10.0 Å². The molecule has 0 bridgehead atoms. The Kier molecular flexibility index (Phi) is 3.40. The van der Waals surface area contributed by atoms with Gasteiger partial charge in [-0.1, -0.05) is 0 Å². The van der Waals surface area contributed by atoms with E-state index in [1.54, 1.807) is 26.4 Å². The Bertz CT molecular complexity index is 328. The fraction of sp³-hybridized carbons (Fsp3) is 0.375. The summed E-state index contributed by atoms with van der Waals surface area (Å²) in [5.74, 6) is -0.512. The number of aliphatic carboxylic acids is 1. The molecule has 1 atom stereocenters. The first-order chi connectivity index (χ1) is 6.52. The van der Waals surface area contributed by atoms with Gasteiger partial charge in [-0.15, -0.1) is 0 Å². The van der Waals surface area contributed by atoms with E-state index in [2.05, 4.69) is 25.9 Å². The highest BCUT2D eigenvalue weighted by atomic mass is 79.9. The third kappa shape index (κ3) is 2.41. The Morgan fingerprint density at radius 2 is 2.07 bits per heavy atom. The van der Waals surface area contributed by atoms with Crippen LogP contribution in [0.4, 0.5) is 5.95 Å². The summed E-state index contributed by atoms with van der Waals surface area (Å²) in [5, 5.41) is 8.76. The molecule has 0 fully saturated rings. The summed E-state index contributed by atoms with van der Waals surface area (Å²) in [7, 11) is 1.64. The zero-order chi connectivity index (χ0) is 10.7. The molecule has 0 amide bonds. The van der Waals surface area contributed by atoms with Gasteiger partial charge in [-0.25, -0.2) is 14.8 Å². The number of carbonyl (C=O) groups is 1. The lowest BCUT2D eigenvalue weighted by Crippen LogP contribution is -2.36. The number of likely N-dealkylation sites (N-methyl/N-ethyl adjacent to an activating group) is 1. The first-order valence-corrected chi connectivity index (χ1v) is 4.75. The fourth-order valence-corrected chi connectivity index (χ4v) is 1.03. The lowest BCUT2D eigenvalue weighted by Gasteiger charge is -2.20. The molecule has 14 heavy (non-hydrogen) atoms. The molecule has 0 aliphatic heterocycles. The molecule has 1 aromatic heterocycles. The molecule has 0 saturated heterocycles. The maximum Gasteiger partial charge on any atom is 0.326 e. The number of carboxylic acids is 1. The summed E-state index contributed by atoms with van der Waals surface area (Å²) in [6, 6.07) is -0.642. The largest absolute Gasteiger partial charge is 0.480 e. The van der Waals surface area contributed by atoms with Crippen LogP contribution in [0.15, 0.2) is 16.9 Å². The van der Waals surface area contributed by atoms with E-state index in [0.29, 0.717) is 5.95 Å². The number of carboxylic acid groups (broad SMARTS) is 1. The van der Waals surface area contributed by atoms with E-state index in [9.17, 15) is 4.79 Å². The molecule has 0 aromatic carbocycles. The van der Waals surface area contributed by atoms with Gasteiger partial charge in [0, 0.05) is 19.4 Å². The number of nitrogens with zero attached hydrogens (tertiary/aromatic N) is 3. The number of hydrogen-bond donors (Lipinski definition) is 1. The summed E-state index contributed by atoms with van der Waals surface area (Å²) >= 11 is 3.20. The molecule has 1 unspecified atom stereocenters. The van der Waals surface area contributed by atoms with Crippen molar-refractivity contribution in [2.75, 3.05) is 11.9 Å². The summed E-state index contributed by atoms with van der Waals surface area (Å²) in [6.45, 7) is 1.58. The Morgan fingerprint density at radius 1 is 1.57 bits per heavy atom. The second-order valence-electron chi connectivity index (χ2n) is 2.83. The van der Waals surface area contributed by atoms with E-state index in [4.69, 9.17) is 5.11 Å². The van der Waals surface area contributed by atoms with Crippen molar-refractivity contribution >= 4 is 27.8 Å². The van der Waals surface area contributed by atoms with Crippen LogP contribution in [0, 0.1) is 0 Å². The monoisotopic (exact) mass is 259 g/mol. The molecule has 0 aliphatic carbocycles. The number of aromatic nitrogens is 2. The predicted octanol–water partition coefficient (Wildman–Crippen LogP) is 1.15. The van der Waals surface area contributed by atoms with E-state index in [0.717, 1.165) is 4.47 Å². The van der Waals surface area contributed by atoms with E-state index in [-0.39, 0.29) is 0 Å². The van der Waals surface area contributed by atoms with Crippen LogP contribution in [-0.2, 0) is 4.79 Å². The van der Waals surface area contributed by atoms with Crippen LogP contribution in [-0.4, -0.2) is 34.1 Å². The second-order valence-corrected chi connectivity index (χ2v) is 3.74. The van der Waals surface area contributed by atoms with E-state index >= 15 is 0 Å². The van der Waals surface area contributed by atoms with Crippen LogP contribution < -0.4 is 4.90 Å². The van der Waals surface area contributed by atoms with Crippen molar-refractivity contribution in [1.29, 1.82) is 0 Å². The van der Waals surface area contributed by atoms with Crippen molar-refractivity contribution in [3.05, 3.63) is 16.9 Å². The third-order valence-electron chi connectivity index (χ3n) is 1.86. The van der Waals surface area contributed by atoms with Crippen molar-refractivity contribution < 1.29 is 9.90 Å². The topological polar surface area (TPSA) is 66.3 Å². The zero-order valence-corrected chi connectivity index (χ0v) is 9.39. The first kappa shape index (κ1) is 10.9. The average Bonchev–Trinajstić information content (AvgIpc) is 2.16. The van der Waals surface area contributed by atoms with Gasteiger partial charge in [0.05, 0.1) is 4.47 Å². The molecule has 0 radical (unpaired) electrons. The van der Waals surface area contributed by atoms with Gasteiger partial charge in [-0.3, -0.25) is 0 Å². The molecule has 6 heteroatoms. The molecule has 1 N–H and O–H groups in total. The lowest BCUT2D eigenvalue weighted by atomic mass is 10.3. The highest BCUT2D eigenvalue weighted by Gasteiger charge is 2.18.